The lowest BCUT2D eigenvalue weighted by molar-refractivity contribution is -0.152. The summed E-state index contributed by atoms with van der Waals surface area (Å²) in [4.78, 5) is 24.7. The second-order valence-corrected chi connectivity index (χ2v) is 6.39. The van der Waals surface area contributed by atoms with Crippen LogP contribution in [0.4, 0.5) is 4.39 Å². The number of halogens is 2. The van der Waals surface area contributed by atoms with E-state index < -0.39 is 23.2 Å². The molecule has 1 aromatic carbocycles. The van der Waals surface area contributed by atoms with Crippen molar-refractivity contribution >= 4 is 27.8 Å². The summed E-state index contributed by atoms with van der Waals surface area (Å²) in [6.07, 6.45) is 3.84. The maximum absolute atomic E-state index is 13.4. The van der Waals surface area contributed by atoms with Crippen LogP contribution < -0.4 is 5.32 Å². The van der Waals surface area contributed by atoms with E-state index in [9.17, 15) is 14.0 Å². The number of carbonyl (C=O) groups excluding carboxylic acids is 2. The molecular weight excluding hydrogens is 353 g/mol. The summed E-state index contributed by atoms with van der Waals surface area (Å²) in [5.41, 5.74) is -0.814. The van der Waals surface area contributed by atoms with E-state index in [4.69, 9.17) is 4.74 Å². The highest BCUT2D eigenvalue weighted by Crippen LogP contribution is 2.30. The van der Waals surface area contributed by atoms with E-state index in [1.807, 2.05) is 0 Å². The van der Waals surface area contributed by atoms with E-state index in [1.165, 1.54) is 12.1 Å². The van der Waals surface area contributed by atoms with E-state index in [0.29, 0.717) is 17.3 Å². The molecule has 0 spiro atoms. The van der Waals surface area contributed by atoms with Crippen LogP contribution in [-0.4, -0.2) is 24.0 Å². The molecule has 1 fully saturated rings. The van der Waals surface area contributed by atoms with Gasteiger partial charge in [-0.15, -0.1) is 0 Å². The van der Waals surface area contributed by atoms with Gasteiger partial charge in [0.25, 0.3) is 5.91 Å². The number of rotatable bonds is 4. The smallest absolute Gasteiger partial charge is 0.331 e. The first kappa shape index (κ1) is 16.9. The van der Waals surface area contributed by atoms with E-state index in [0.717, 1.165) is 25.3 Å². The van der Waals surface area contributed by atoms with Crippen molar-refractivity contribution in [3.05, 3.63) is 34.1 Å². The zero-order chi connectivity index (χ0) is 16.2. The molecule has 0 bridgehead atoms. The first-order valence-corrected chi connectivity index (χ1v) is 8.22. The average Bonchev–Trinajstić information content (AvgIpc) is 2.47. The second-order valence-electron chi connectivity index (χ2n) is 5.48. The Hall–Kier alpha value is -1.43. The van der Waals surface area contributed by atoms with Crippen LogP contribution in [0.1, 0.15) is 49.4 Å². The molecule has 0 aromatic heterocycles. The summed E-state index contributed by atoms with van der Waals surface area (Å²) in [6.45, 7) is 2.00. The van der Waals surface area contributed by atoms with Gasteiger partial charge in [-0.1, -0.05) is 35.2 Å². The third-order valence-electron chi connectivity index (χ3n) is 3.85. The topological polar surface area (TPSA) is 55.4 Å². The Morgan fingerprint density at radius 2 is 1.95 bits per heavy atom. The summed E-state index contributed by atoms with van der Waals surface area (Å²) in [6, 6.07) is 3.96. The van der Waals surface area contributed by atoms with Crippen LogP contribution in [0.25, 0.3) is 0 Å². The molecule has 1 N–H and O–H groups in total. The van der Waals surface area contributed by atoms with Gasteiger partial charge < -0.3 is 10.1 Å². The Bertz CT molecular complexity index is 550. The SMILES string of the molecule is CCOC(=O)C1(NC(=O)c2cc(F)cc(Br)c2)CCCCC1. The first-order valence-electron chi connectivity index (χ1n) is 7.43. The summed E-state index contributed by atoms with van der Waals surface area (Å²) < 4.78 is 19.1. The summed E-state index contributed by atoms with van der Waals surface area (Å²) >= 11 is 3.16. The lowest BCUT2D eigenvalue weighted by atomic mass is 9.81. The van der Waals surface area contributed by atoms with Gasteiger partial charge in [-0.25, -0.2) is 9.18 Å². The fraction of sp³-hybridized carbons (Fsp3) is 0.500. The summed E-state index contributed by atoms with van der Waals surface area (Å²) in [5, 5.41) is 2.79. The molecule has 0 atom stereocenters. The summed E-state index contributed by atoms with van der Waals surface area (Å²) in [5.74, 6) is -1.37. The van der Waals surface area contributed by atoms with Gasteiger partial charge in [-0.05, 0) is 38.0 Å². The fourth-order valence-corrected chi connectivity index (χ4v) is 3.24. The number of benzene rings is 1. The zero-order valence-corrected chi connectivity index (χ0v) is 14.0. The molecule has 6 heteroatoms. The predicted octanol–water partition coefficient (Wildman–Crippen LogP) is 3.58. The third-order valence-corrected chi connectivity index (χ3v) is 4.31. The molecule has 0 saturated heterocycles. The van der Waals surface area contributed by atoms with Gasteiger partial charge in [0.05, 0.1) is 6.61 Å². The van der Waals surface area contributed by atoms with Gasteiger partial charge in [-0.3, -0.25) is 4.79 Å². The Balaban J connectivity index is 2.22. The second kappa shape index (κ2) is 7.22. The Morgan fingerprint density at radius 1 is 1.27 bits per heavy atom. The molecule has 1 aliphatic rings. The molecule has 120 valence electrons. The van der Waals surface area contributed by atoms with Crippen molar-refractivity contribution in [2.75, 3.05) is 6.61 Å². The van der Waals surface area contributed by atoms with Gasteiger partial charge in [-0.2, -0.15) is 0 Å². The van der Waals surface area contributed by atoms with Crippen molar-refractivity contribution in [3.63, 3.8) is 0 Å². The lowest BCUT2D eigenvalue weighted by Crippen LogP contribution is -2.56. The maximum Gasteiger partial charge on any atom is 0.331 e. The minimum Gasteiger partial charge on any atom is -0.464 e. The quantitative estimate of drug-likeness (QED) is 0.822. The molecule has 4 nitrogen and oxygen atoms in total. The van der Waals surface area contributed by atoms with Crippen molar-refractivity contribution in [1.82, 2.24) is 5.32 Å². The molecule has 1 aliphatic carbocycles. The maximum atomic E-state index is 13.4. The predicted molar refractivity (Wildman–Crippen MR) is 84.0 cm³/mol. The monoisotopic (exact) mass is 371 g/mol. The van der Waals surface area contributed by atoms with Crippen LogP contribution in [0, 0.1) is 5.82 Å². The molecule has 0 unspecified atom stereocenters. The highest BCUT2D eigenvalue weighted by molar-refractivity contribution is 9.10. The van der Waals surface area contributed by atoms with Crippen molar-refractivity contribution in [2.45, 2.75) is 44.6 Å². The number of hydrogen-bond donors (Lipinski definition) is 1. The van der Waals surface area contributed by atoms with E-state index >= 15 is 0 Å². The number of hydrogen-bond acceptors (Lipinski definition) is 3. The average molecular weight is 372 g/mol. The number of amides is 1. The Labute approximate surface area is 137 Å². The summed E-state index contributed by atoms with van der Waals surface area (Å²) in [7, 11) is 0. The molecule has 0 heterocycles. The Kier molecular flexibility index (Phi) is 5.56. The van der Waals surface area contributed by atoms with Crippen molar-refractivity contribution in [2.24, 2.45) is 0 Å². The number of ether oxygens (including phenoxy) is 1. The van der Waals surface area contributed by atoms with E-state index in [-0.39, 0.29) is 12.2 Å². The van der Waals surface area contributed by atoms with Crippen molar-refractivity contribution < 1.29 is 18.7 Å². The van der Waals surface area contributed by atoms with Crippen LogP contribution >= 0.6 is 15.9 Å². The first-order chi connectivity index (χ1) is 10.5. The third kappa shape index (κ3) is 3.85. The molecule has 0 aliphatic heterocycles. The lowest BCUT2D eigenvalue weighted by Gasteiger charge is -2.35. The molecular formula is C16H19BrFNO3. The van der Waals surface area contributed by atoms with Gasteiger partial charge in [0.2, 0.25) is 0 Å². The van der Waals surface area contributed by atoms with E-state index in [1.54, 1.807) is 6.92 Å². The highest BCUT2D eigenvalue weighted by atomic mass is 79.9. The molecule has 1 aromatic rings. The van der Waals surface area contributed by atoms with Crippen LogP contribution in [0.3, 0.4) is 0 Å². The highest BCUT2D eigenvalue weighted by Gasteiger charge is 2.42. The number of esters is 1. The molecule has 22 heavy (non-hydrogen) atoms. The van der Waals surface area contributed by atoms with Crippen molar-refractivity contribution in [3.8, 4) is 0 Å². The minimum atomic E-state index is -0.996. The number of nitrogens with one attached hydrogen (secondary N) is 1. The van der Waals surface area contributed by atoms with Crippen LogP contribution in [-0.2, 0) is 9.53 Å². The Morgan fingerprint density at radius 3 is 2.55 bits per heavy atom. The van der Waals surface area contributed by atoms with Gasteiger partial charge >= 0.3 is 5.97 Å². The van der Waals surface area contributed by atoms with Crippen LogP contribution in [0.2, 0.25) is 0 Å². The molecule has 0 radical (unpaired) electrons. The van der Waals surface area contributed by atoms with Crippen molar-refractivity contribution in [1.29, 1.82) is 0 Å². The minimum absolute atomic E-state index is 0.182. The largest absolute Gasteiger partial charge is 0.464 e. The van der Waals surface area contributed by atoms with Gasteiger partial charge in [0.1, 0.15) is 11.4 Å². The van der Waals surface area contributed by atoms with Gasteiger partial charge in [0.15, 0.2) is 0 Å². The van der Waals surface area contributed by atoms with Gasteiger partial charge in [0, 0.05) is 10.0 Å². The van der Waals surface area contributed by atoms with Crippen LogP contribution in [0.15, 0.2) is 22.7 Å². The zero-order valence-electron chi connectivity index (χ0n) is 12.5. The molecule has 1 amide bonds. The van der Waals surface area contributed by atoms with E-state index in [2.05, 4.69) is 21.2 Å². The standard InChI is InChI=1S/C16H19BrFNO3/c1-2-22-15(21)16(6-4-3-5-7-16)19-14(20)11-8-12(17)10-13(18)9-11/h8-10H,2-7H2,1H3,(H,19,20). The van der Waals surface area contributed by atoms with Crippen LogP contribution in [0.5, 0.6) is 0 Å². The molecule has 1 saturated carbocycles. The normalized spacial score (nSPS) is 16.9. The molecule has 2 rings (SSSR count). The number of carbonyl (C=O) groups is 2. The fourth-order valence-electron chi connectivity index (χ4n) is 2.78.